The Kier molecular flexibility index (Phi) is 6.76. The van der Waals surface area contributed by atoms with Crippen LogP contribution in [0.3, 0.4) is 0 Å². The summed E-state index contributed by atoms with van der Waals surface area (Å²) in [5.74, 6) is 0.355. The molecule has 0 heterocycles. The molecule has 0 aliphatic carbocycles. The zero-order valence-corrected chi connectivity index (χ0v) is 16.1. The maximum Gasteiger partial charge on any atom is 0.319 e. The van der Waals surface area contributed by atoms with E-state index in [2.05, 4.69) is 15.4 Å². The summed E-state index contributed by atoms with van der Waals surface area (Å²) in [6.07, 6.45) is 0. The standard InChI is InChI=1S/C19H25N3O3S/c1-14(2)12-20-19(23)22-17-8-10-18(11-9-17)26(24,25)21-13-16-6-4-15(3)5-7-16/h4-11,14,21H,12-13H2,1-3H3,(H2,20,22,23). The molecule has 0 bridgehead atoms. The van der Waals surface area contributed by atoms with Crippen LogP contribution in [0.25, 0.3) is 0 Å². The van der Waals surface area contributed by atoms with Gasteiger partial charge in [0.05, 0.1) is 4.90 Å². The molecule has 2 aromatic rings. The summed E-state index contributed by atoms with van der Waals surface area (Å²) < 4.78 is 27.3. The zero-order chi connectivity index (χ0) is 19.2. The number of sulfonamides is 1. The van der Waals surface area contributed by atoms with Crippen molar-refractivity contribution in [3.05, 3.63) is 59.7 Å². The van der Waals surface area contributed by atoms with Gasteiger partial charge in [-0.25, -0.2) is 17.9 Å². The van der Waals surface area contributed by atoms with Crippen molar-refractivity contribution < 1.29 is 13.2 Å². The second-order valence-electron chi connectivity index (χ2n) is 6.56. The topological polar surface area (TPSA) is 87.3 Å². The normalized spacial score (nSPS) is 11.4. The fraction of sp³-hybridized carbons (Fsp3) is 0.316. The van der Waals surface area contributed by atoms with E-state index in [1.165, 1.54) is 12.1 Å². The van der Waals surface area contributed by atoms with Gasteiger partial charge in [0, 0.05) is 18.8 Å². The SMILES string of the molecule is Cc1ccc(CNS(=O)(=O)c2ccc(NC(=O)NCC(C)C)cc2)cc1. The van der Waals surface area contributed by atoms with E-state index < -0.39 is 10.0 Å². The largest absolute Gasteiger partial charge is 0.338 e. The van der Waals surface area contributed by atoms with E-state index >= 15 is 0 Å². The fourth-order valence-electron chi connectivity index (χ4n) is 2.16. The summed E-state index contributed by atoms with van der Waals surface area (Å²) in [7, 11) is -3.61. The molecule has 2 amide bonds. The van der Waals surface area contributed by atoms with E-state index in [4.69, 9.17) is 0 Å². The summed E-state index contributed by atoms with van der Waals surface area (Å²) in [5.41, 5.74) is 2.54. The van der Waals surface area contributed by atoms with Crippen molar-refractivity contribution in [2.24, 2.45) is 5.92 Å². The molecule has 0 saturated heterocycles. The second-order valence-corrected chi connectivity index (χ2v) is 8.33. The molecule has 0 unspecified atom stereocenters. The number of benzene rings is 2. The summed E-state index contributed by atoms with van der Waals surface area (Å²) in [5, 5.41) is 5.41. The number of hydrogen-bond acceptors (Lipinski definition) is 3. The average molecular weight is 375 g/mol. The van der Waals surface area contributed by atoms with Crippen LogP contribution in [-0.4, -0.2) is 21.0 Å². The van der Waals surface area contributed by atoms with Crippen LogP contribution in [0.4, 0.5) is 10.5 Å². The van der Waals surface area contributed by atoms with Crippen LogP contribution in [-0.2, 0) is 16.6 Å². The summed E-state index contributed by atoms with van der Waals surface area (Å²) in [6, 6.07) is 13.4. The minimum atomic E-state index is -3.61. The molecule has 3 N–H and O–H groups in total. The summed E-state index contributed by atoms with van der Waals surface area (Å²) in [6.45, 7) is 6.78. The molecule has 2 rings (SSSR count). The molecular weight excluding hydrogens is 350 g/mol. The Labute approximate surface area is 155 Å². The van der Waals surface area contributed by atoms with E-state index in [1.54, 1.807) is 12.1 Å². The van der Waals surface area contributed by atoms with Gasteiger partial charge < -0.3 is 10.6 Å². The predicted octanol–water partition coefficient (Wildman–Crippen LogP) is 3.25. The number of hydrogen-bond donors (Lipinski definition) is 3. The minimum absolute atomic E-state index is 0.151. The number of rotatable bonds is 7. The van der Waals surface area contributed by atoms with E-state index in [9.17, 15) is 13.2 Å². The van der Waals surface area contributed by atoms with Crippen molar-refractivity contribution in [3.63, 3.8) is 0 Å². The van der Waals surface area contributed by atoms with Crippen LogP contribution in [0.15, 0.2) is 53.4 Å². The van der Waals surface area contributed by atoms with Crippen molar-refractivity contribution in [3.8, 4) is 0 Å². The minimum Gasteiger partial charge on any atom is -0.338 e. The van der Waals surface area contributed by atoms with Gasteiger partial charge in [-0.3, -0.25) is 0 Å². The lowest BCUT2D eigenvalue weighted by atomic mass is 10.2. The van der Waals surface area contributed by atoms with Gasteiger partial charge in [-0.15, -0.1) is 0 Å². The Balaban J connectivity index is 1.95. The zero-order valence-electron chi connectivity index (χ0n) is 15.2. The number of anilines is 1. The highest BCUT2D eigenvalue weighted by Gasteiger charge is 2.14. The van der Waals surface area contributed by atoms with Crippen LogP contribution in [0.1, 0.15) is 25.0 Å². The lowest BCUT2D eigenvalue weighted by Crippen LogP contribution is -2.31. The Bertz CT molecular complexity index is 829. The fourth-order valence-corrected chi connectivity index (χ4v) is 3.17. The Morgan fingerprint density at radius 1 is 1.00 bits per heavy atom. The number of amides is 2. The van der Waals surface area contributed by atoms with Crippen molar-refractivity contribution in [2.45, 2.75) is 32.2 Å². The van der Waals surface area contributed by atoms with Crippen LogP contribution < -0.4 is 15.4 Å². The monoisotopic (exact) mass is 375 g/mol. The Morgan fingerprint density at radius 2 is 1.62 bits per heavy atom. The van der Waals surface area contributed by atoms with E-state index in [0.29, 0.717) is 18.2 Å². The quantitative estimate of drug-likeness (QED) is 0.694. The number of carbonyl (C=O) groups excluding carboxylic acids is 1. The average Bonchev–Trinajstić information content (AvgIpc) is 2.60. The maximum absolute atomic E-state index is 12.4. The number of urea groups is 1. The highest BCUT2D eigenvalue weighted by Crippen LogP contribution is 2.14. The summed E-state index contributed by atoms with van der Waals surface area (Å²) in [4.78, 5) is 11.9. The molecule has 0 spiro atoms. The first-order valence-electron chi connectivity index (χ1n) is 8.46. The van der Waals surface area contributed by atoms with Gasteiger partial charge in [0.2, 0.25) is 10.0 Å². The first-order chi connectivity index (χ1) is 12.3. The van der Waals surface area contributed by atoms with Crippen molar-refractivity contribution in [2.75, 3.05) is 11.9 Å². The molecule has 2 aromatic carbocycles. The van der Waals surface area contributed by atoms with Gasteiger partial charge in [0.15, 0.2) is 0 Å². The van der Waals surface area contributed by atoms with E-state index in [-0.39, 0.29) is 17.5 Å². The van der Waals surface area contributed by atoms with Crippen LogP contribution in [0.2, 0.25) is 0 Å². The van der Waals surface area contributed by atoms with Gasteiger partial charge in [-0.1, -0.05) is 43.7 Å². The van der Waals surface area contributed by atoms with Gasteiger partial charge in [0.1, 0.15) is 0 Å². The van der Waals surface area contributed by atoms with Crippen LogP contribution >= 0.6 is 0 Å². The van der Waals surface area contributed by atoms with Crippen molar-refractivity contribution >= 4 is 21.7 Å². The highest BCUT2D eigenvalue weighted by atomic mass is 32.2. The first kappa shape index (κ1) is 19.9. The molecule has 0 fully saturated rings. The molecule has 0 atom stereocenters. The van der Waals surface area contributed by atoms with Gasteiger partial charge in [-0.05, 0) is 42.7 Å². The molecule has 0 aliphatic heterocycles. The third-order valence-electron chi connectivity index (χ3n) is 3.68. The molecular formula is C19H25N3O3S. The molecule has 26 heavy (non-hydrogen) atoms. The second kappa shape index (κ2) is 8.82. The molecule has 0 aliphatic rings. The van der Waals surface area contributed by atoms with E-state index in [1.807, 2.05) is 45.0 Å². The van der Waals surface area contributed by atoms with Gasteiger partial charge in [0.25, 0.3) is 0 Å². The van der Waals surface area contributed by atoms with Gasteiger partial charge >= 0.3 is 6.03 Å². The smallest absolute Gasteiger partial charge is 0.319 e. The van der Waals surface area contributed by atoms with Crippen molar-refractivity contribution in [1.29, 1.82) is 0 Å². The molecule has 7 heteroatoms. The van der Waals surface area contributed by atoms with Crippen molar-refractivity contribution in [1.82, 2.24) is 10.0 Å². The van der Waals surface area contributed by atoms with Crippen LogP contribution in [0, 0.1) is 12.8 Å². The Hall–Kier alpha value is -2.38. The highest BCUT2D eigenvalue weighted by molar-refractivity contribution is 7.89. The number of carbonyl (C=O) groups is 1. The number of nitrogens with one attached hydrogen (secondary N) is 3. The van der Waals surface area contributed by atoms with Gasteiger partial charge in [-0.2, -0.15) is 0 Å². The maximum atomic E-state index is 12.4. The lowest BCUT2D eigenvalue weighted by Gasteiger charge is -2.10. The third kappa shape index (κ3) is 6.16. The summed E-state index contributed by atoms with van der Waals surface area (Å²) >= 11 is 0. The lowest BCUT2D eigenvalue weighted by molar-refractivity contribution is 0.251. The molecule has 0 radical (unpaired) electrons. The predicted molar refractivity (Wildman–Crippen MR) is 104 cm³/mol. The third-order valence-corrected chi connectivity index (χ3v) is 5.10. The molecule has 0 saturated carbocycles. The Morgan fingerprint density at radius 3 is 2.19 bits per heavy atom. The first-order valence-corrected chi connectivity index (χ1v) is 9.95. The number of aryl methyl sites for hydroxylation is 1. The van der Waals surface area contributed by atoms with Crippen LogP contribution in [0.5, 0.6) is 0 Å². The molecule has 0 aromatic heterocycles. The molecule has 140 valence electrons. The molecule has 6 nitrogen and oxygen atoms in total. The van der Waals surface area contributed by atoms with E-state index in [0.717, 1.165) is 11.1 Å².